The fourth-order valence-corrected chi connectivity index (χ4v) is 4.52. The van der Waals surface area contributed by atoms with Crippen molar-refractivity contribution in [1.82, 2.24) is 9.97 Å². The molecule has 1 aromatic carbocycles. The molecule has 1 N–H and O–H groups in total. The lowest BCUT2D eigenvalue weighted by Crippen LogP contribution is -2.33. The van der Waals surface area contributed by atoms with E-state index in [1.807, 2.05) is 49.2 Å². The predicted molar refractivity (Wildman–Crippen MR) is 92.0 cm³/mol. The molecule has 0 bridgehead atoms. The molecule has 23 heavy (non-hydrogen) atoms. The summed E-state index contributed by atoms with van der Waals surface area (Å²) in [5, 5.41) is 3.25. The standard InChI is InChI=1S/C16H20N4O2S/c1-12-4-3-5-13(8-12)19-15-9-16(18-11-17-15)20(2)14-6-7-23(21,22)10-14/h3-5,8-9,11,14H,6-7,10H2,1-2H3,(H,17,18,19). The number of anilines is 3. The van der Waals surface area contributed by atoms with E-state index in [1.54, 1.807) is 0 Å². The fourth-order valence-electron chi connectivity index (χ4n) is 2.75. The third-order valence-electron chi connectivity index (χ3n) is 4.06. The van der Waals surface area contributed by atoms with Crippen LogP contribution in [0.5, 0.6) is 0 Å². The highest BCUT2D eigenvalue weighted by Gasteiger charge is 2.31. The zero-order valence-corrected chi connectivity index (χ0v) is 14.0. The minimum atomic E-state index is -2.91. The topological polar surface area (TPSA) is 75.2 Å². The summed E-state index contributed by atoms with van der Waals surface area (Å²) in [6, 6.07) is 9.84. The van der Waals surface area contributed by atoms with Crippen molar-refractivity contribution in [3.63, 3.8) is 0 Å². The van der Waals surface area contributed by atoms with Crippen LogP contribution < -0.4 is 10.2 Å². The Labute approximate surface area is 136 Å². The van der Waals surface area contributed by atoms with E-state index < -0.39 is 9.84 Å². The highest BCUT2D eigenvalue weighted by molar-refractivity contribution is 7.91. The number of nitrogens with zero attached hydrogens (tertiary/aromatic N) is 3. The first-order chi connectivity index (χ1) is 10.9. The van der Waals surface area contributed by atoms with Gasteiger partial charge in [-0.3, -0.25) is 0 Å². The van der Waals surface area contributed by atoms with Crippen LogP contribution in [0.2, 0.25) is 0 Å². The van der Waals surface area contributed by atoms with Crippen molar-refractivity contribution in [2.24, 2.45) is 0 Å². The van der Waals surface area contributed by atoms with E-state index in [2.05, 4.69) is 15.3 Å². The average molecular weight is 332 g/mol. The molecule has 1 unspecified atom stereocenters. The quantitative estimate of drug-likeness (QED) is 0.925. The van der Waals surface area contributed by atoms with Crippen molar-refractivity contribution in [1.29, 1.82) is 0 Å². The maximum absolute atomic E-state index is 11.6. The maximum Gasteiger partial charge on any atom is 0.152 e. The summed E-state index contributed by atoms with van der Waals surface area (Å²) in [4.78, 5) is 10.4. The molecule has 2 aromatic rings. The van der Waals surface area contributed by atoms with Gasteiger partial charge in [-0.2, -0.15) is 0 Å². The number of rotatable bonds is 4. The van der Waals surface area contributed by atoms with Gasteiger partial charge in [-0.1, -0.05) is 12.1 Å². The summed E-state index contributed by atoms with van der Waals surface area (Å²) in [7, 11) is -1.03. The summed E-state index contributed by atoms with van der Waals surface area (Å²) in [5.41, 5.74) is 2.12. The molecule has 122 valence electrons. The summed E-state index contributed by atoms with van der Waals surface area (Å²) < 4.78 is 23.3. The minimum Gasteiger partial charge on any atom is -0.355 e. The van der Waals surface area contributed by atoms with Crippen LogP contribution in [0.4, 0.5) is 17.3 Å². The van der Waals surface area contributed by atoms with E-state index in [0.717, 1.165) is 17.1 Å². The minimum absolute atomic E-state index is 0.0262. The van der Waals surface area contributed by atoms with Gasteiger partial charge in [0.05, 0.1) is 11.5 Å². The van der Waals surface area contributed by atoms with Gasteiger partial charge >= 0.3 is 0 Å². The summed E-state index contributed by atoms with van der Waals surface area (Å²) in [5.74, 6) is 1.85. The van der Waals surface area contributed by atoms with Gasteiger partial charge in [0.2, 0.25) is 0 Å². The Kier molecular flexibility index (Phi) is 4.21. The van der Waals surface area contributed by atoms with Gasteiger partial charge in [0.1, 0.15) is 18.0 Å². The molecule has 0 spiro atoms. The lowest BCUT2D eigenvalue weighted by atomic mass is 10.2. The molecule has 2 heterocycles. The molecular formula is C16H20N4O2S. The van der Waals surface area contributed by atoms with Crippen LogP contribution in [-0.4, -0.2) is 43.0 Å². The molecule has 0 aliphatic carbocycles. The van der Waals surface area contributed by atoms with Gasteiger partial charge in [-0.25, -0.2) is 18.4 Å². The first-order valence-electron chi connectivity index (χ1n) is 7.52. The molecule has 1 fully saturated rings. The Morgan fingerprint density at radius 3 is 2.78 bits per heavy atom. The maximum atomic E-state index is 11.6. The van der Waals surface area contributed by atoms with E-state index in [1.165, 1.54) is 6.33 Å². The van der Waals surface area contributed by atoms with E-state index in [-0.39, 0.29) is 17.5 Å². The molecular weight excluding hydrogens is 312 g/mol. The van der Waals surface area contributed by atoms with E-state index in [0.29, 0.717) is 12.2 Å². The molecule has 1 aliphatic heterocycles. The Hall–Kier alpha value is -2.15. The van der Waals surface area contributed by atoms with Gasteiger partial charge in [0.25, 0.3) is 0 Å². The zero-order valence-electron chi connectivity index (χ0n) is 13.2. The van der Waals surface area contributed by atoms with E-state index >= 15 is 0 Å². The van der Waals surface area contributed by atoms with Crippen LogP contribution in [0, 0.1) is 6.92 Å². The molecule has 0 radical (unpaired) electrons. The Morgan fingerprint density at radius 2 is 2.09 bits per heavy atom. The summed E-state index contributed by atoms with van der Waals surface area (Å²) >= 11 is 0. The third kappa shape index (κ3) is 3.79. The molecule has 1 atom stereocenters. The zero-order chi connectivity index (χ0) is 16.4. The van der Waals surface area contributed by atoms with Gasteiger partial charge in [-0.15, -0.1) is 0 Å². The lowest BCUT2D eigenvalue weighted by molar-refractivity contribution is 0.600. The third-order valence-corrected chi connectivity index (χ3v) is 5.81. The van der Waals surface area contributed by atoms with Gasteiger partial charge < -0.3 is 10.2 Å². The molecule has 7 heteroatoms. The molecule has 1 aromatic heterocycles. The van der Waals surface area contributed by atoms with Crippen LogP contribution in [0.3, 0.4) is 0 Å². The van der Waals surface area contributed by atoms with Crippen molar-refractivity contribution in [3.8, 4) is 0 Å². The van der Waals surface area contributed by atoms with Crippen LogP contribution in [0.25, 0.3) is 0 Å². The second-order valence-electron chi connectivity index (χ2n) is 5.92. The van der Waals surface area contributed by atoms with Crippen LogP contribution in [0.1, 0.15) is 12.0 Å². The van der Waals surface area contributed by atoms with Crippen LogP contribution in [-0.2, 0) is 9.84 Å². The van der Waals surface area contributed by atoms with Crippen molar-refractivity contribution in [3.05, 3.63) is 42.2 Å². The molecule has 6 nitrogen and oxygen atoms in total. The summed E-state index contributed by atoms with van der Waals surface area (Å²) in [6.45, 7) is 2.03. The second kappa shape index (κ2) is 6.16. The number of sulfone groups is 1. The van der Waals surface area contributed by atoms with Gasteiger partial charge in [0.15, 0.2) is 9.84 Å². The number of hydrogen-bond acceptors (Lipinski definition) is 6. The Bertz CT molecular complexity index is 807. The molecule has 3 rings (SSSR count). The highest BCUT2D eigenvalue weighted by atomic mass is 32.2. The SMILES string of the molecule is Cc1cccc(Nc2cc(N(C)C3CCS(=O)(=O)C3)ncn2)c1. The fraction of sp³-hybridized carbons (Fsp3) is 0.375. The molecule has 1 aliphatic rings. The number of aryl methyl sites for hydroxylation is 1. The normalized spacial score (nSPS) is 19.5. The second-order valence-corrected chi connectivity index (χ2v) is 8.15. The average Bonchev–Trinajstić information content (AvgIpc) is 2.87. The van der Waals surface area contributed by atoms with Crippen molar-refractivity contribution in [2.75, 3.05) is 28.8 Å². The van der Waals surface area contributed by atoms with E-state index in [9.17, 15) is 8.42 Å². The smallest absolute Gasteiger partial charge is 0.152 e. The number of hydrogen-bond donors (Lipinski definition) is 1. The van der Waals surface area contributed by atoms with Gasteiger partial charge in [-0.05, 0) is 31.0 Å². The van der Waals surface area contributed by atoms with Crippen molar-refractivity contribution in [2.45, 2.75) is 19.4 Å². The Morgan fingerprint density at radius 1 is 1.26 bits per heavy atom. The summed E-state index contributed by atoms with van der Waals surface area (Å²) in [6.07, 6.45) is 2.14. The molecule has 0 amide bonds. The first kappa shape index (κ1) is 15.7. The Balaban J connectivity index is 1.77. The number of benzene rings is 1. The molecule has 1 saturated heterocycles. The highest BCUT2D eigenvalue weighted by Crippen LogP contribution is 2.23. The number of aromatic nitrogens is 2. The number of nitrogens with one attached hydrogen (secondary N) is 1. The monoisotopic (exact) mass is 332 g/mol. The first-order valence-corrected chi connectivity index (χ1v) is 9.34. The lowest BCUT2D eigenvalue weighted by Gasteiger charge is -2.24. The largest absolute Gasteiger partial charge is 0.355 e. The van der Waals surface area contributed by atoms with E-state index in [4.69, 9.17) is 0 Å². The predicted octanol–water partition coefficient (Wildman–Crippen LogP) is 2.15. The van der Waals surface area contributed by atoms with Crippen molar-refractivity contribution >= 4 is 27.2 Å². The van der Waals surface area contributed by atoms with Crippen LogP contribution >= 0.6 is 0 Å². The molecule has 0 saturated carbocycles. The van der Waals surface area contributed by atoms with Crippen LogP contribution in [0.15, 0.2) is 36.7 Å². The van der Waals surface area contributed by atoms with Crippen molar-refractivity contribution < 1.29 is 8.42 Å². The van der Waals surface area contributed by atoms with Gasteiger partial charge in [0, 0.05) is 24.8 Å².